The molecule has 1 aromatic carbocycles. The smallest absolute Gasteiger partial charge is 0.222 e. The SMILES string of the molecule is CCN(Cc1ccc(N(C)C)cc1)C(=O)CCC(C)N. The van der Waals surface area contributed by atoms with Gasteiger partial charge in [-0.3, -0.25) is 4.79 Å². The average Bonchev–Trinajstić information content (AvgIpc) is 2.42. The third kappa shape index (κ3) is 5.21. The van der Waals surface area contributed by atoms with Gasteiger partial charge in [-0.2, -0.15) is 0 Å². The van der Waals surface area contributed by atoms with Gasteiger partial charge in [0.05, 0.1) is 0 Å². The second-order valence-corrected chi connectivity index (χ2v) is 5.48. The number of amides is 1. The first-order valence-electron chi connectivity index (χ1n) is 7.23. The molecule has 0 fully saturated rings. The zero-order valence-corrected chi connectivity index (χ0v) is 13.1. The molecule has 0 aliphatic heterocycles. The van der Waals surface area contributed by atoms with Gasteiger partial charge in [0.2, 0.25) is 5.91 Å². The highest BCUT2D eigenvalue weighted by atomic mass is 16.2. The molecule has 2 N–H and O–H groups in total. The van der Waals surface area contributed by atoms with Gasteiger partial charge < -0.3 is 15.5 Å². The number of carbonyl (C=O) groups excluding carboxylic acids is 1. The van der Waals surface area contributed by atoms with Crippen molar-refractivity contribution < 1.29 is 4.79 Å². The normalized spacial score (nSPS) is 12.1. The van der Waals surface area contributed by atoms with E-state index in [0.29, 0.717) is 13.0 Å². The summed E-state index contributed by atoms with van der Waals surface area (Å²) in [7, 11) is 4.04. The highest BCUT2D eigenvalue weighted by molar-refractivity contribution is 5.76. The number of hydrogen-bond donors (Lipinski definition) is 1. The molecular weight excluding hydrogens is 250 g/mol. The van der Waals surface area contributed by atoms with Gasteiger partial charge >= 0.3 is 0 Å². The van der Waals surface area contributed by atoms with E-state index in [2.05, 4.69) is 29.2 Å². The number of hydrogen-bond acceptors (Lipinski definition) is 3. The van der Waals surface area contributed by atoms with Crippen LogP contribution in [0, 0.1) is 0 Å². The van der Waals surface area contributed by atoms with Gasteiger partial charge in [0.1, 0.15) is 0 Å². The van der Waals surface area contributed by atoms with Crippen molar-refractivity contribution in [2.24, 2.45) is 5.73 Å². The van der Waals surface area contributed by atoms with E-state index in [1.54, 1.807) is 0 Å². The summed E-state index contributed by atoms with van der Waals surface area (Å²) < 4.78 is 0. The molecule has 1 amide bonds. The molecule has 1 atom stereocenters. The second-order valence-electron chi connectivity index (χ2n) is 5.48. The van der Waals surface area contributed by atoms with E-state index in [4.69, 9.17) is 5.73 Å². The molecule has 0 heterocycles. The molecule has 0 saturated carbocycles. The molecule has 0 spiro atoms. The fraction of sp³-hybridized carbons (Fsp3) is 0.562. The first-order valence-corrected chi connectivity index (χ1v) is 7.23. The van der Waals surface area contributed by atoms with E-state index in [9.17, 15) is 4.79 Å². The Hall–Kier alpha value is -1.55. The highest BCUT2D eigenvalue weighted by Crippen LogP contribution is 2.14. The Morgan fingerprint density at radius 1 is 1.25 bits per heavy atom. The van der Waals surface area contributed by atoms with Gasteiger partial charge in [0, 0.05) is 45.3 Å². The lowest BCUT2D eigenvalue weighted by atomic mass is 10.1. The van der Waals surface area contributed by atoms with Gasteiger partial charge in [-0.05, 0) is 38.0 Å². The Morgan fingerprint density at radius 3 is 2.30 bits per heavy atom. The Morgan fingerprint density at radius 2 is 1.85 bits per heavy atom. The van der Waals surface area contributed by atoms with E-state index in [1.807, 2.05) is 32.8 Å². The maximum absolute atomic E-state index is 12.1. The summed E-state index contributed by atoms with van der Waals surface area (Å²) in [5, 5.41) is 0. The van der Waals surface area contributed by atoms with Crippen molar-refractivity contribution in [2.45, 2.75) is 39.3 Å². The van der Waals surface area contributed by atoms with Crippen molar-refractivity contribution in [1.29, 1.82) is 0 Å². The molecule has 20 heavy (non-hydrogen) atoms. The average molecular weight is 277 g/mol. The van der Waals surface area contributed by atoms with Crippen molar-refractivity contribution >= 4 is 11.6 Å². The van der Waals surface area contributed by atoms with Crippen LogP contribution in [0.25, 0.3) is 0 Å². The standard InChI is InChI=1S/C16H27N3O/c1-5-19(16(20)11-6-13(2)17)12-14-7-9-15(10-8-14)18(3)4/h7-10,13H,5-6,11-12,17H2,1-4H3. The van der Waals surface area contributed by atoms with E-state index in [0.717, 1.165) is 18.5 Å². The van der Waals surface area contributed by atoms with Gasteiger partial charge in [-0.25, -0.2) is 0 Å². The van der Waals surface area contributed by atoms with Crippen molar-refractivity contribution in [3.8, 4) is 0 Å². The van der Waals surface area contributed by atoms with Crippen molar-refractivity contribution in [3.05, 3.63) is 29.8 Å². The van der Waals surface area contributed by atoms with Crippen LogP contribution >= 0.6 is 0 Å². The highest BCUT2D eigenvalue weighted by Gasteiger charge is 2.12. The van der Waals surface area contributed by atoms with Crippen molar-refractivity contribution in [1.82, 2.24) is 4.90 Å². The fourth-order valence-electron chi connectivity index (χ4n) is 2.01. The Labute approximate surface area is 122 Å². The number of carbonyl (C=O) groups is 1. The Kier molecular flexibility index (Phi) is 6.52. The van der Waals surface area contributed by atoms with Crippen LogP contribution in [0.2, 0.25) is 0 Å². The summed E-state index contributed by atoms with van der Waals surface area (Å²) in [5.41, 5.74) is 8.03. The summed E-state index contributed by atoms with van der Waals surface area (Å²) in [6, 6.07) is 8.40. The van der Waals surface area contributed by atoms with Gasteiger partial charge in [0.25, 0.3) is 0 Å². The summed E-state index contributed by atoms with van der Waals surface area (Å²) in [6.45, 7) is 5.34. The van der Waals surface area contributed by atoms with Gasteiger partial charge in [-0.1, -0.05) is 12.1 Å². The number of rotatable bonds is 7. The predicted octanol–water partition coefficient (Wildman–Crippen LogP) is 2.23. The molecule has 0 saturated heterocycles. The minimum atomic E-state index is 0.0806. The predicted molar refractivity (Wildman–Crippen MR) is 84.7 cm³/mol. The molecule has 4 nitrogen and oxygen atoms in total. The van der Waals surface area contributed by atoms with E-state index in [1.165, 1.54) is 5.69 Å². The minimum Gasteiger partial charge on any atom is -0.378 e. The van der Waals surface area contributed by atoms with E-state index < -0.39 is 0 Å². The van der Waals surface area contributed by atoms with Crippen molar-refractivity contribution in [3.63, 3.8) is 0 Å². The maximum atomic E-state index is 12.1. The van der Waals surface area contributed by atoms with Crippen molar-refractivity contribution in [2.75, 3.05) is 25.5 Å². The number of nitrogens with two attached hydrogens (primary N) is 1. The quantitative estimate of drug-likeness (QED) is 0.831. The fourth-order valence-corrected chi connectivity index (χ4v) is 2.01. The molecule has 1 aromatic rings. The van der Waals surface area contributed by atoms with Crippen LogP contribution in [-0.4, -0.2) is 37.5 Å². The summed E-state index contributed by atoms with van der Waals surface area (Å²) >= 11 is 0. The Balaban J connectivity index is 2.61. The first kappa shape index (κ1) is 16.5. The van der Waals surface area contributed by atoms with Crippen LogP contribution < -0.4 is 10.6 Å². The molecule has 0 aliphatic rings. The van der Waals surface area contributed by atoms with Crippen LogP contribution in [-0.2, 0) is 11.3 Å². The monoisotopic (exact) mass is 277 g/mol. The van der Waals surface area contributed by atoms with Gasteiger partial charge in [-0.15, -0.1) is 0 Å². The molecule has 0 bridgehead atoms. The first-order chi connectivity index (χ1) is 9.43. The molecule has 1 unspecified atom stereocenters. The number of benzene rings is 1. The van der Waals surface area contributed by atoms with Crippen LogP contribution in [0.4, 0.5) is 5.69 Å². The number of anilines is 1. The van der Waals surface area contributed by atoms with Crippen LogP contribution in [0.1, 0.15) is 32.3 Å². The zero-order valence-electron chi connectivity index (χ0n) is 13.1. The number of nitrogens with zero attached hydrogens (tertiary/aromatic N) is 2. The lowest BCUT2D eigenvalue weighted by Crippen LogP contribution is -2.31. The van der Waals surface area contributed by atoms with E-state index >= 15 is 0 Å². The lowest BCUT2D eigenvalue weighted by molar-refractivity contribution is -0.131. The minimum absolute atomic E-state index is 0.0806. The third-order valence-corrected chi connectivity index (χ3v) is 3.37. The maximum Gasteiger partial charge on any atom is 0.222 e. The molecule has 1 rings (SSSR count). The molecule has 0 radical (unpaired) electrons. The summed E-state index contributed by atoms with van der Waals surface area (Å²) in [6.07, 6.45) is 1.27. The molecular formula is C16H27N3O. The van der Waals surface area contributed by atoms with Gasteiger partial charge in [0.15, 0.2) is 0 Å². The second kappa shape index (κ2) is 7.90. The largest absolute Gasteiger partial charge is 0.378 e. The summed E-state index contributed by atoms with van der Waals surface area (Å²) in [5.74, 6) is 0.182. The summed E-state index contributed by atoms with van der Waals surface area (Å²) in [4.78, 5) is 16.1. The van der Waals surface area contributed by atoms with E-state index in [-0.39, 0.29) is 11.9 Å². The van der Waals surface area contributed by atoms with Crippen LogP contribution in [0.3, 0.4) is 0 Å². The Bertz CT molecular complexity index is 412. The topological polar surface area (TPSA) is 49.6 Å². The molecule has 112 valence electrons. The lowest BCUT2D eigenvalue weighted by Gasteiger charge is -2.22. The zero-order chi connectivity index (χ0) is 15.1. The van der Waals surface area contributed by atoms with Crippen LogP contribution in [0.5, 0.6) is 0 Å². The molecule has 4 heteroatoms. The van der Waals surface area contributed by atoms with Crippen LogP contribution in [0.15, 0.2) is 24.3 Å². The molecule has 0 aromatic heterocycles. The molecule has 0 aliphatic carbocycles. The third-order valence-electron chi connectivity index (χ3n) is 3.37.